The first-order valence-electron chi connectivity index (χ1n) is 7.57. The van der Waals surface area contributed by atoms with Gasteiger partial charge < -0.3 is 10.0 Å². The van der Waals surface area contributed by atoms with E-state index in [-0.39, 0.29) is 5.91 Å². The van der Waals surface area contributed by atoms with E-state index in [4.69, 9.17) is 11.6 Å². The zero-order valence-corrected chi connectivity index (χ0v) is 14.6. The number of nitrogens with zero attached hydrogens (tertiary/aromatic N) is 3. The topological polar surface area (TPSA) is 58.4 Å². The van der Waals surface area contributed by atoms with Gasteiger partial charge in [0.15, 0.2) is 0 Å². The minimum atomic E-state index is -0.414. The van der Waals surface area contributed by atoms with E-state index in [1.54, 1.807) is 35.7 Å². The Labute approximate surface area is 141 Å². The summed E-state index contributed by atoms with van der Waals surface area (Å²) in [6, 6.07) is 7.26. The molecule has 0 saturated heterocycles. The molecule has 124 valence electrons. The highest BCUT2D eigenvalue weighted by molar-refractivity contribution is 6.31. The van der Waals surface area contributed by atoms with Gasteiger partial charge in [0.25, 0.3) is 5.91 Å². The number of aromatic nitrogens is 2. The Balaban J connectivity index is 2.16. The van der Waals surface area contributed by atoms with Crippen LogP contribution in [0.5, 0.6) is 0 Å². The average Bonchev–Trinajstić information content (AvgIpc) is 2.79. The van der Waals surface area contributed by atoms with E-state index >= 15 is 0 Å². The molecule has 1 aromatic heterocycles. The molecule has 0 bridgehead atoms. The number of carbonyl (C=O) groups is 1. The predicted molar refractivity (Wildman–Crippen MR) is 91.3 cm³/mol. The summed E-state index contributed by atoms with van der Waals surface area (Å²) in [5.41, 5.74) is 3.12. The number of hydrogen-bond acceptors (Lipinski definition) is 3. The number of rotatable bonds is 5. The van der Waals surface area contributed by atoms with Crippen LogP contribution in [-0.2, 0) is 0 Å². The number of amides is 1. The summed E-state index contributed by atoms with van der Waals surface area (Å²) in [4.78, 5) is 13.9. The number of aliphatic hydroxyl groups excluding tert-OH is 1. The maximum absolute atomic E-state index is 12.3. The highest BCUT2D eigenvalue weighted by Crippen LogP contribution is 2.22. The maximum atomic E-state index is 12.3. The van der Waals surface area contributed by atoms with Crippen molar-refractivity contribution < 1.29 is 9.90 Å². The number of halogens is 1. The normalized spacial score (nSPS) is 12.3. The first kappa shape index (κ1) is 17.5. The average molecular weight is 336 g/mol. The third-order valence-corrected chi connectivity index (χ3v) is 4.34. The van der Waals surface area contributed by atoms with Crippen LogP contribution in [0.4, 0.5) is 0 Å². The summed E-state index contributed by atoms with van der Waals surface area (Å²) in [6.45, 7) is 6.00. The molecule has 0 aliphatic heterocycles. The number of carbonyl (C=O) groups excluding carboxylic acids is 1. The number of hydrogen-bond donors (Lipinski definition) is 1. The second-order valence-corrected chi connectivity index (χ2v) is 6.19. The Morgan fingerprint density at radius 2 is 1.96 bits per heavy atom. The summed E-state index contributed by atoms with van der Waals surface area (Å²) in [5, 5.41) is 14.4. The summed E-state index contributed by atoms with van der Waals surface area (Å²) in [6.07, 6.45) is 0.147. The summed E-state index contributed by atoms with van der Waals surface area (Å²) in [5.74, 6) is -0.0661. The van der Waals surface area contributed by atoms with Gasteiger partial charge in [0.05, 0.1) is 28.2 Å². The lowest BCUT2D eigenvalue weighted by Crippen LogP contribution is -2.29. The van der Waals surface area contributed by atoms with Gasteiger partial charge in [0.2, 0.25) is 0 Å². The molecular formula is C17H22ClN3O2. The smallest absolute Gasteiger partial charge is 0.253 e. The largest absolute Gasteiger partial charge is 0.393 e. The van der Waals surface area contributed by atoms with E-state index in [1.807, 2.05) is 26.0 Å². The molecule has 2 aromatic rings. The van der Waals surface area contributed by atoms with Crippen LogP contribution < -0.4 is 0 Å². The van der Waals surface area contributed by atoms with Gasteiger partial charge in [0, 0.05) is 19.2 Å². The highest BCUT2D eigenvalue weighted by atomic mass is 35.5. The van der Waals surface area contributed by atoms with E-state index in [0.29, 0.717) is 23.6 Å². The van der Waals surface area contributed by atoms with Crippen LogP contribution in [0, 0.1) is 13.8 Å². The molecule has 0 spiro atoms. The second kappa shape index (κ2) is 7.15. The third-order valence-electron chi connectivity index (χ3n) is 3.79. The quantitative estimate of drug-likeness (QED) is 0.913. The summed E-state index contributed by atoms with van der Waals surface area (Å²) in [7, 11) is 1.74. The molecule has 1 N–H and O–H groups in total. The van der Waals surface area contributed by atoms with E-state index < -0.39 is 6.10 Å². The van der Waals surface area contributed by atoms with Crippen molar-refractivity contribution in [3.05, 3.63) is 46.2 Å². The molecule has 1 atom stereocenters. The van der Waals surface area contributed by atoms with Crippen LogP contribution in [0.2, 0.25) is 5.02 Å². The van der Waals surface area contributed by atoms with E-state index in [0.717, 1.165) is 17.1 Å². The molecule has 0 aliphatic carbocycles. The van der Waals surface area contributed by atoms with Gasteiger partial charge in [-0.25, -0.2) is 4.68 Å². The Morgan fingerprint density at radius 3 is 2.43 bits per heavy atom. The lowest BCUT2D eigenvalue weighted by molar-refractivity contribution is 0.0769. The van der Waals surface area contributed by atoms with Crippen molar-refractivity contribution in [1.82, 2.24) is 14.7 Å². The van der Waals surface area contributed by atoms with Gasteiger partial charge in [-0.3, -0.25) is 4.79 Å². The van der Waals surface area contributed by atoms with Crippen molar-refractivity contribution in [3.63, 3.8) is 0 Å². The predicted octanol–water partition coefficient (Wildman–Crippen LogP) is 2.99. The molecule has 0 saturated carbocycles. The summed E-state index contributed by atoms with van der Waals surface area (Å²) >= 11 is 6.17. The number of benzene rings is 1. The van der Waals surface area contributed by atoms with Crippen molar-refractivity contribution in [2.75, 3.05) is 13.6 Å². The van der Waals surface area contributed by atoms with Gasteiger partial charge >= 0.3 is 0 Å². The van der Waals surface area contributed by atoms with E-state index in [9.17, 15) is 9.90 Å². The van der Waals surface area contributed by atoms with Crippen LogP contribution in [0.1, 0.15) is 35.1 Å². The fraction of sp³-hybridized carbons (Fsp3) is 0.412. The zero-order valence-electron chi connectivity index (χ0n) is 13.9. The van der Waals surface area contributed by atoms with Gasteiger partial charge in [-0.05, 0) is 51.5 Å². The van der Waals surface area contributed by atoms with Crippen LogP contribution >= 0.6 is 11.6 Å². The molecule has 23 heavy (non-hydrogen) atoms. The molecule has 0 fully saturated rings. The molecule has 6 heteroatoms. The van der Waals surface area contributed by atoms with Crippen LogP contribution in [-0.4, -0.2) is 45.4 Å². The lowest BCUT2D eigenvalue weighted by atomic mass is 10.1. The Bertz CT molecular complexity index is 693. The van der Waals surface area contributed by atoms with Gasteiger partial charge in [-0.15, -0.1) is 0 Å². The van der Waals surface area contributed by atoms with Crippen molar-refractivity contribution in [2.24, 2.45) is 0 Å². The first-order valence-corrected chi connectivity index (χ1v) is 7.94. The molecule has 2 rings (SSSR count). The Hall–Kier alpha value is -1.85. The molecule has 1 amide bonds. The fourth-order valence-electron chi connectivity index (χ4n) is 2.32. The molecule has 0 radical (unpaired) electrons. The summed E-state index contributed by atoms with van der Waals surface area (Å²) < 4.78 is 1.77. The highest BCUT2D eigenvalue weighted by Gasteiger charge is 2.14. The maximum Gasteiger partial charge on any atom is 0.253 e. The van der Waals surface area contributed by atoms with Gasteiger partial charge in [0.1, 0.15) is 0 Å². The molecule has 1 aromatic carbocycles. The third kappa shape index (κ3) is 3.92. The Kier molecular flexibility index (Phi) is 5.44. The molecular weight excluding hydrogens is 314 g/mol. The van der Waals surface area contributed by atoms with Gasteiger partial charge in [-0.2, -0.15) is 5.10 Å². The van der Waals surface area contributed by atoms with Crippen LogP contribution in [0.3, 0.4) is 0 Å². The molecule has 0 aliphatic rings. The number of aliphatic hydroxyl groups is 1. The van der Waals surface area contributed by atoms with E-state index in [1.165, 1.54) is 0 Å². The van der Waals surface area contributed by atoms with Crippen molar-refractivity contribution in [1.29, 1.82) is 0 Å². The van der Waals surface area contributed by atoms with E-state index in [2.05, 4.69) is 5.10 Å². The monoisotopic (exact) mass is 335 g/mol. The SMILES string of the molecule is Cc1nn(-c2ccc(C(=O)N(C)CCC(C)O)cc2)c(C)c1Cl. The number of aryl methyl sites for hydroxylation is 1. The van der Waals surface area contributed by atoms with Crippen LogP contribution in [0.25, 0.3) is 5.69 Å². The fourth-order valence-corrected chi connectivity index (χ4v) is 2.44. The molecule has 5 nitrogen and oxygen atoms in total. The minimum Gasteiger partial charge on any atom is -0.393 e. The standard InChI is InChI=1S/C17H22ClN3O2/c1-11(22)9-10-20(4)17(23)14-5-7-15(8-6-14)21-13(3)16(18)12(2)19-21/h5-8,11,22H,9-10H2,1-4H3. The first-order chi connectivity index (χ1) is 10.8. The van der Waals surface area contributed by atoms with Gasteiger partial charge in [-0.1, -0.05) is 11.6 Å². The molecule has 1 heterocycles. The zero-order chi connectivity index (χ0) is 17.1. The lowest BCUT2D eigenvalue weighted by Gasteiger charge is -2.18. The van der Waals surface area contributed by atoms with Crippen molar-refractivity contribution in [2.45, 2.75) is 33.3 Å². The Morgan fingerprint density at radius 1 is 1.35 bits per heavy atom. The molecule has 1 unspecified atom stereocenters. The van der Waals surface area contributed by atoms with Crippen molar-refractivity contribution >= 4 is 17.5 Å². The second-order valence-electron chi connectivity index (χ2n) is 5.81. The van der Waals surface area contributed by atoms with Crippen LogP contribution in [0.15, 0.2) is 24.3 Å². The van der Waals surface area contributed by atoms with Crippen molar-refractivity contribution in [3.8, 4) is 5.69 Å². The minimum absolute atomic E-state index is 0.0661.